The Hall–Kier alpha value is -3.62. The fraction of sp³-hybridized carbons (Fsp3) is 0.902. The summed E-state index contributed by atoms with van der Waals surface area (Å²) in [5.74, 6) is -7.39. The molecule has 23 nitrogen and oxygen atoms in total. The molecular weight excluding hydrogens is 1090 g/mol. The summed E-state index contributed by atoms with van der Waals surface area (Å²) >= 11 is 0. The smallest absolute Gasteiger partial charge is 0.335 e. The van der Waals surface area contributed by atoms with Crippen molar-refractivity contribution in [1.82, 2.24) is 16.0 Å². The monoisotopic (exact) mass is 1200 g/mol. The zero-order valence-electron chi connectivity index (χ0n) is 51.8. The fourth-order valence-electron chi connectivity index (χ4n) is 11.1. The molecule has 3 fully saturated rings. The van der Waals surface area contributed by atoms with Gasteiger partial charge in [0.05, 0.1) is 18.2 Å². The summed E-state index contributed by atoms with van der Waals surface area (Å²) in [7, 11) is 1.23. The Bertz CT molecular complexity index is 1890. The Morgan fingerprint density at radius 2 is 0.893 bits per heavy atom. The molecule has 18 unspecified atom stereocenters. The second-order valence-electron chi connectivity index (χ2n) is 23.6. The molecule has 3 aliphatic rings. The highest BCUT2D eigenvalue weighted by Gasteiger charge is 2.56. The van der Waals surface area contributed by atoms with Crippen LogP contribution in [0.2, 0.25) is 0 Å². The number of carboxylic acid groups (broad SMARTS) is 1. The lowest BCUT2D eigenvalue weighted by atomic mass is 9.88. The molecular formula is C61H108N3O20-. The molecule has 0 radical (unpaired) electrons. The molecule has 0 aromatic rings. The van der Waals surface area contributed by atoms with Crippen molar-refractivity contribution in [3.8, 4) is 0 Å². The number of ether oxygens (including phenoxy) is 8. The van der Waals surface area contributed by atoms with E-state index in [1.807, 2.05) is 0 Å². The number of aliphatic carboxylic acids is 1. The van der Waals surface area contributed by atoms with Gasteiger partial charge in [-0.2, -0.15) is 0 Å². The van der Waals surface area contributed by atoms with E-state index in [4.69, 9.17) is 37.9 Å². The number of unbranched alkanes of at least 4 members (excludes halogenated alkanes) is 21. The summed E-state index contributed by atoms with van der Waals surface area (Å²) in [5.41, 5.74) is 0. The Morgan fingerprint density at radius 3 is 1.33 bits per heavy atom. The van der Waals surface area contributed by atoms with Gasteiger partial charge in [0, 0.05) is 32.8 Å². The second kappa shape index (κ2) is 41.5. The molecule has 488 valence electrons. The number of hydrogen-bond acceptors (Lipinski definition) is 20. The van der Waals surface area contributed by atoms with Crippen molar-refractivity contribution < 1.29 is 97.3 Å². The highest BCUT2D eigenvalue weighted by molar-refractivity contribution is 5.79. The normalized spacial score (nSPS) is 29.0. The minimum atomic E-state index is -2.31. The number of amides is 3. The van der Waals surface area contributed by atoms with Crippen LogP contribution in [0.5, 0.6) is 0 Å². The number of nitrogens with one attached hydrogen (secondary N) is 3. The zero-order valence-corrected chi connectivity index (χ0v) is 51.8. The number of aliphatic hydroxyl groups is 5. The molecule has 0 aromatic heterocycles. The summed E-state index contributed by atoms with van der Waals surface area (Å²) in [6, 6.07) is -4.56. The molecule has 3 rings (SSSR count). The Balaban J connectivity index is 2.02. The van der Waals surface area contributed by atoms with Gasteiger partial charge in [0.2, 0.25) is 17.7 Å². The van der Waals surface area contributed by atoms with Gasteiger partial charge in [0.1, 0.15) is 68.0 Å². The molecule has 0 aromatic carbocycles. The number of carboxylic acids is 1. The molecule has 3 amide bonds. The number of carbonyl (C=O) groups excluding carboxylic acids is 6. The van der Waals surface area contributed by atoms with Crippen LogP contribution in [-0.4, -0.2) is 180 Å². The Morgan fingerprint density at radius 1 is 0.500 bits per heavy atom. The number of carbonyl (C=O) groups is 6. The quantitative estimate of drug-likeness (QED) is 0.0306. The van der Waals surface area contributed by atoms with E-state index in [9.17, 15) is 59.4 Å². The van der Waals surface area contributed by atoms with Gasteiger partial charge in [0.25, 0.3) is 0 Å². The van der Waals surface area contributed by atoms with Gasteiger partial charge in [-0.15, -0.1) is 0 Å². The first-order valence-corrected chi connectivity index (χ1v) is 31.8. The lowest BCUT2D eigenvalue weighted by Crippen LogP contribution is -2.72. The third kappa shape index (κ3) is 26.0. The molecule has 3 saturated heterocycles. The topological polar surface area (TPSA) is 337 Å². The minimum absolute atomic E-state index is 0.104. The largest absolute Gasteiger partial charge is 0.547 e. The third-order valence-corrected chi connectivity index (χ3v) is 16.4. The van der Waals surface area contributed by atoms with E-state index in [-0.39, 0.29) is 12.8 Å². The molecule has 8 N–H and O–H groups in total. The predicted octanol–water partition coefficient (Wildman–Crippen LogP) is 4.58. The van der Waals surface area contributed by atoms with Crippen LogP contribution in [0, 0.1) is 11.8 Å². The lowest BCUT2D eigenvalue weighted by Gasteiger charge is -2.51. The van der Waals surface area contributed by atoms with Crippen LogP contribution in [0.4, 0.5) is 0 Å². The van der Waals surface area contributed by atoms with Crippen LogP contribution in [0.1, 0.15) is 222 Å². The van der Waals surface area contributed by atoms with Crippen molar-refractivity contribution in [3.05, 3.63) is 0 Å². The fourth-order valence-corrected chi connectivity index (χ4v) is 11.1. The van der Waals surface area contributed by atoms with Gasteiger partial charge in [0.15, 0.2) is 31.1 Å². The first kappa shape index (κ1) is 74.6. The molecule has 0 spiro atoms. The van der Waals surface area contributed by atoms with E-state index in [0.717, 1.165) is 122 Å². The molecule has 18 atom stereocenters. The molecule has 0 bridgehead atoms. The lowest BCUT2D eigenvalue weighted by molar-refractivity contribution is -0.366. The van der Waals surface area contributed by atoms with Crippen LogP contribution in [0.15, 0.2) is 0 Å². The molecule has 23 heteroatoms. The number of aliphatic hydroxyl groups excluding tert-OH is 5. The molecule has 3 aliphatic heterocycles. The van der Waals surface area contributed by atoms with Crippen molar-refractivity contribution in [2.24, 2.45) is 11.8 Å². The molecule has 3 heterocycles. The number of esters is 2. The highest BCUT2D eigenvalue weighted by atomic mass is 16.7. The average molecular weight is 1200 g/mol. The van der Waals surface area contributed by atoms with Crippen LogP contribution in [-0.2, 0) is 66.7 Å². The van der Waals surface area contributed by atoms with Crippen LogP contribution < -0.4 is 21.1 Å². The van der Waals surface area contributed by atoms with Gasteiger partial charge in [-0.3, -0.25) is 14.4 Å². The van der Waals surface area contributed by atoms with Crippen molar-refractivity contribution >= 4 is 35.6 Å². The maximum Gasteiger partial charge on any atom is 0.335 e. The van der Waals surface area contributed by atoms with Gasteiger partial charge in [-0.05, 0) is 19.3 Å². The van der Waals surface area contributed by atoms with Gasteiger partial charge in [-0.25, -0.2) is 9.59 Å². The average Bonchev–Trinajstić information content (AvgIpc) is 3.63. The Labute approximate surface area is 499 Å². The van der Waals surface area contributed by atoms with Crippen molar-refractivity contribution in [2.75, 3.05) is 20.3 Å². The minimum Gasteiger partial charge on any atom is -0.547 e. The SMILES string of the molecule is CCCCCCCCCCCC(C)C(=O)NC1C(OC2C(COC(=O)C(O)CCCCCCCCC)OC(OC)C(NC(C)=O)C2O)OC(C(=O)[O-])C(O)C1OC1OC(COC(=O)C(O)CCCCCCCCCC)C(C)C(O)C1NC(C)=O. The van der Waals surface area contributed by atoms with Gasteiger partial charge < -0.3 is 89.3 Å². The molecule has 0 saturated carbocycles. The first-order chi connectivity index (χ1) is 40.2. The number of hydrogen-bond donors (Lipinski definition) is 8. The summed E-state index contributed by atoms with van der Waals surface area (Å²) in [4.78, 5) is 79.2. The summed E-state index contributed by atoms with van der Waals surface area (Å²) in [6.45, 7) is 10.8. The van der Waals surface area contributed by atoms with E-state index >= 15 is 0 Å². The van der Waals surface area contributed by atoms with E-state index in [1.165, 1.54) is 33.3 Å². The predicted molar refractivity (Wildman–Crippen MR) is 307 cm³/mol. The van der Waals surface area contributed by atoms with Crippen LogP contribution in [0.25, 0.3) is 0 Å². The summed E-state index contributed by atoms with van der Waals surface area (Å²) in [5, 5.41) is 78.5. The molecule has 84 heavy (non-hydrogen) atoms. The van der Waals surface area contributed by atoms with E-state index in [0.29, 0.717) is 25.7 Å². The van der Waals surface area contributed by atoms with Crippen molar-refractivity contribution in [2.45, 2.75) is 320 Å². The Kier molecular flexibility index (Phi) is 36.9. The van der Waals surface area contributed by atoms with Crippen LogP contribution in [0.3, 0.4) is 0 Å². The van der Waals surface area contributed by atoms with E-state index in [1.54, 1.807) is 13.8 Å². The maximum absolute atomic E-state index is 14.5. The van der Waals surface area contributed by atoms with Crippen molar-refractivity contribution in [1.29, 1.82) is 0 Å². The van der Waals surface area contributed by atoms with Gasteiger partial charge >= 0.3 is 11.9 Å². The first-order valence-electron chi connectivity index (χ1n) is 31.8. The summed E-state index contributed by atoms with van der Waals surface area (Å²) in [6.07, 6.45) is 2.19. The zero-order chi connectivity index (χ0) is 62.1. The molecule has 0 aliphatic carbocycles. The van der Waals surface area contributed by atoms with Gasteiger partial charge in [-0.1, -0.05) is 189 Å². The van der Waals surface area contributed by atoms with Crippen molar-refractivity contribution in [3.63, 3.8) is 0 Å². The third-order valence-electron chi connectivity index (χ3n) is 16.4. The second-order valence-corrected chi connectivity index (χ2v) is 23.6. The maximum atomic E-state index is 14.5. The number of methoxy groups -OCH3 is 1. The van der Waals surface area contributed by atoms with E-state index < -0.39 is 159 Å². The standard InChI is InChI=1S/C61H109N3O20/c1-9-12-15-18-21-23-25-27-30-33-38(4)55(72)64-48-53(83-60-46(62-40(6)65)49(69)39(5)44(80-60)36-78-57(75)42(67)34-32-29-26-22-19-16-13-10-2)51(71)54(56(73)74)84-61(48)82-52-45(81-59(77-8)47(50(52)70)63-41(7)66)37-79-58(76)43(68)35-31-28-24-20-17-14-11-3/h38-39,42-54,59-61,67-71H,9-37H2,1-8H3,(H,62,65)(H,63,66)(H,64,72)(H,73,74)/p-1. The highest BCUT2D eigenvalue weighted by Crippen LogP contribution is 2.35. The number of rotatable bonds is 43. The summed E-state index contributed by atoms with van der Waals surface area (Å²) < 4.78 is 48.0. The van der Waals surface area contributed by atoms with E-state index in [2.05, 4.69) is 36.7 Å². The van der Waals surface area contributed by atoms with Crippen LogP contribution >= 0.6 is 0 Å².